The zero-order valence-corrected chi connectivity index (χ0v) is 10.4. The van der Waals surface area contributed by atoms with E-state index in [0.717, 1.165) is 19.3 Å². The first-order valence-corrected chi connectivity index (χ1v) is 6.10. The molecule has 2 rings (SSSR count). The standard InChI is InChI=1S/C12H16N4O3/c13-11(19)8-2-3-9(16-15-8)14-7-12(4-1-5-12)6-10(17)18/h2-3H,1,4-7H2,(H2,13,19)(H,14,16)(H,17,18). The number of aromatic nitrogens is 2. The number of carbonyl (C=O) groups is 2. The van der Waals surface area contributed by atoms with Gasteiger partial charge >= 0.3 is 5.97 Å². The first kappa shape index (κ1) is 13.3. The summed E-state index contributed by atoms with van der Waals surface area (Å²) in [5.74, 6) is -0.890. The highest BCUT2D eigenvalue weighted by Gasteiger charge is 2.38. The second kappa shape index (κ2) is 5.21. The van der Waals surface area contributed by atoms with E-state index in [0.29, 0.717) is 12.4 Å². The van der Waals surface area contributed by atoms with Crippen molar-refractivity contribution < 1.29 is 14.7 Å². The van der Waals surface area contributed by atoms with Crippen LogP contribution in [0.5, 0.6) is 0 Å². The molecule has 1 saturated carbocycles. The Bertz CT molecular complexity index is 482. The number of nitrogens with zero attached hydrogens (tertiary/aromatic N) is 2. The molecule has 4 N–H and O–H groups in total. The van der Waals surface area contributed by atoms with Crippen LogP contribution in [0.1, 0.15) is 36.2 Å². The lowest BCUT2D eigenvalue weighted by molar-refractivity contribution is -0.141. The first-order valence-electron chi connectivity index (χ1n) is 6.10. The summed E-state index contributed by atoms with van der Waals surface area (Å²) in [5.41, 5.74) is 4.99. The van der Waals surface area contributed by atoms with Crippen molar-refractivity contribution in [3.63, 3.8) is 0 Å². The lowest BCUT2D eigenvalue weighted by Gasteiger charge is -2.40. The Labute approximate surface area is 110 Å². The molecule has 1 aromatic rings. The number of primary amides is 1. The number of aliphatic carboxylic acids is 1. The summed E-state index contributed by atoms with van der Waals surface area (Å²) in [5, 5.41) is 19.5. The third kappa shape index (κ3) is 3.18. The minimum absolute atomic E-state index is 0.106. The van der Waals surface area contributed by atoms with E-state index in [9.17, 15) is 9.59 Å². The van der Waals surface area contributed by atoms with Crippen molar-refractivity contribution in [3.05, 3.63) is 17.8 Å². The Morgan fingerprint density at radius 3 is 2.53 bits per heavy atom. The van der Waals surface area contributed by atoms with Crippen molar-refractivity contribution in [2.24, 2.45) is 11.1 Å². The molecule has 0 radical (unpaired) electrons. The maximum Gasteiger partial charge on any atom is 0.303 e. The molecule has 7 heteroatoms. The smallest absolute Gasteiger partial charge is 0.303 e. The van der Waals surface area contributed by atoms with Crippen LogP contribution in [-0.4, -0.2) is 33.7 Å². The molecule has 1 fully saturated rings. The van der Waals surface area contributed by atoms with Gasteiger partial charge in [0.05, 0.1) is 6.42 Å². The fourth-order valence-electron chi connectivity index (χ4n) is 2.25. The van der Waals surface area contributed by atoms with Gasteiger partial charge in [-0.05, 0) is 30.4 Å². The van der Waals surface area contributed by atoms with Crippen molar-refractivity contribution in [2.45, 2.75) is 25.7 Å². The van der Waals surface area contributed by atoms with Gasteiger partial charge in [-0.1, -0.05) is 6.42 Å². The second-order valence-electron chi connectivity index (χ2n) is 4.95. The van der Waals surface area contributed by atoms with E-state index in [1.807, 2.05) is 0 Å². The molecule has 1 amide bonds. The minimum Gasteiger partial charge on any atom is -0.481 e. The van der Waals surface area contributed by atoms with Crippen LogP contribution < -0.4 is 11.1 Å². The van der Waals surface area contributed by atoms with Crippen molar-refractivity contribution in [2.75, 3.05) is 11.9 Å². The van der Waals surface area contributed by atoms with Gasteiger partial charge in [-0.2, -0.15) is 0 Å². The quantitative estimate of drug-likeness (QED) is 0.693. The minimum atomic E-state index is -0.781. The molecular formula is C12H16N4O3. The summed E-state index contributed by atoms with van der Waals surface area (Å²) in [6, 6.07) is 3.10. The topological polar surface area (TPSA) is 118 Å². The molecule has 0 saturated heterocycles. The second-order valence-corrected chi connectivity index (χ2v) is 4.95. The fraction of sp³-hybridized carbons (Fsp3) is 0.500. The number of hydrogen-bond acceptors (Lipinski definition) is 5. The van der Waals surface area contributed by atoms with Crippen LogP contribution in [0.4, 0.5) is 5.82 Å². The number of nitrogens with two attached hydrogens (primary N) is 1. The van der Waals surface area contributed by atoms with E-state index in [1.165, 1.54) is 6.07 Å². The molecule has 1 aromatic heterocycles. The van der Waals surface area contributed by atoms with Crippen LogP contribution in [-0.2, 0) is 4.79 Å². The third-order valence-electron chi connectivity index (χ3n) is 3.50. The Balaban J connectivity index is 1.94. The molecule has 0 aromatic carbocycles. The molecule has 102 valence electrons. The number of rotatable bonds is 6. The Morgan fingerprint density at radius 2 is 2.11 bits per heavy atom. The molecule has 19 heavy (non-hydrogen) atoms. The van der Waals surface area contributed by atoms with Gasteiger partial charge in [0.15, 0.2) is 5.69 Å². The highest BCUT2D eigenvalue weighted by molar-refractivity contribution is 5.90. The first-order chi connectivity index (χ1) is 9.01. The van der Waals surface area contributed by atoms with E-state index in [2.05, 4.69) is 15.5 Å². The van der Waals surface area contributed by atoms with Gasteiger partial charge in [0.25, 0.3) is 5.91 Å². The zero-order valence-electron chi connectivity index (χ0n) is 10.4. The lowest BCUT2D eigenvalue weighted by atomic mass is 9.66. The van der Waals surface area contributed by atoms with Crippen LogP contribution in [0, 0.1) is 5.41 Å². The number of carboxylic acids is 1. The summed E-state index contributed by atoms with van der Waals surface area (Å²) in [7, 11) is 0. The number of hydrogen-bond donors (Lipinski definition) is 3. The number of anilines is 1. The van der Waals surface area contributed by atoms with E-state index in [1.54, 1.807) is 6.07 Å². The maximum absolute atomic E-state index is 10.8. The SMILES string of the molecule is NC(=O)c1ccc(NCC2(CC(=O)O)CCC2)nn1. The summed E-state index contributed by atoms with van der Waals surface area (Å²) in [4.78, 5) is 21.7. The van der Waals surface area contributed by atoms with Crippen molar-refractivity contribution >= 4 is 17.7 Å². The monoisotopic (exact) mass is 264 g/mol. The van der Waals surface area contributed by atoms with Crippen LogP contribution >= 0.6 is 0 Å². The van der Waals surface area contributed by atoms with Crippen LogP contribution in [0.25, 0.3) is 0 Å². The Hall–Kier alpha value is -2.18. The van der Waals surface area contributed by atoms with E-state index >= 15 is 0 Å². The Morgan fingerprint density at radius 1 is 1.37 bits per heavy atom. The predicted molar refractivity (Wildman–Crippen MR) is 67.6 cm³/mol. The van der Waals surface area contributed by atoms with Gasteiger partial charge in [0.1, 0.15) is 5.82 Å². The maximum atomic E-state index is 10.8. The van der Waals surface area contributed by atoms with Gasteiger partial charge in [0, 0.05) is 6.54 Å². The average molecular weight is 264 g/mol. The fourth-order valence-corrected chi connectivity index (χ4v) is 2.25. The normalized spacial score (nSPS) is 16.4. The van der Waals surface area contributed by atoms with E-state index < -0.39 is 11.9 Å². The van der Waals surface area contributed by atoms with Crippen LogP contribution in [0.15, 0.2) is 12.1 Å². The molecule has 0 spiro atoms. The van der Waals surface area contributed by atoms with Gasteiger partial charge in [-0.25, -0.2) is 0 Å². The van der Waals surface area contributed by atoms with E-state index in [4.69, 9.17) is 10.8 Å². The largest absolute Gasteiger partial charge is 0.481 e. The summed E-state index contributed by atoms with van der Waals surface area (Å²) < 4.78 is 0. The average Bonchev–Trinajstić information content (AvgIpc) is 2.32. The molecule has 0 aliphatic heterocycles. The van der Waals surface area contributed by atoms with Crippen molar-refractivity contribution in [3.8, 4) is 0 Å². The summed E-state index contributed by atoms with van der Waals surface area (Å²) in [6.45, 7) is 0.546. The summed E-state index contributed by atoms with van der Waals surface area (Å²) >= 11 is 0. The molecular weight excluding hydrogens is 248 g/mol. The summed E-state index contributed by atoms with van der Waals surface area (Å²) in [6.07, 6.45) is 3.02. The van der Waals surface area contributed by atoms with Gasteiger partial charge in [-0.15, -0.1) is 10.2 Å². The Kier molecular flexibility index (Phi) is 3.64. The van der Waals surface area contributed by atoms with Crippen molar-refractivity contribution in [1.82, 2.24) is 10.2 Å². The third-order valence-corrected chi connectivity index (χ3v) is 3.50. The molecule has 0 atom stereocenters. The zero-order chi connectivity index (χ0) is 13.9. The van der Waals surface area contributed by atoms with Crippen LogP contribution in [0.3, 0.4) is 0 Å². The molecule has 0 unspecified atom stereocenters. The number of nitrogens with one attached hydrogen (secondary N) is 1. The highest BCUT2D eigenvalue weighted by atomic mass is 16.4. The van der Waals surface area contributed by atoms with Gasteiger partial charge < -0.3 is 16.2 Å². The molecule has 1 aliphatic carbocycles. The van der Waals surface area contributed by atoms with Gasteiger partial charge in [0.2, 0.25) is 0 Å². The van der Waals surface area contributed by atoms with E-state index in [-0.39, 0.29) is 17.5 Å². The molecule has 1 heterocycles. The van der Waals surface area contributed by atoms with Crippen LogP contribution in [0.2, 0.25) is 0 Å². The van der Waals surface area contributed by atoms with Crippen molar-refractivity contribution in [1.29, 1.82) is 0 Å². The van der Waals surface area contributed by atoms with Gasteiger partial charge in [-0.3, -0.25) is 9.59 Å². The number of amides is 1. The molecule has 0 bridgehead atoms. The number of carbonyl (C=O) groups excluding carboxylic acids is 1. The highest BCUT2D eigenvalue weighted by Crippen LogP contribution is 2.43. The molecule has 7 nitrogen and oxygen atoms in total. The number of carboxylic acid groups (broad SMARTS) is 1. The lowest BCUT2D eigenvalue weighted by Crippen LogP contribution is -2.38. The predicted octanol–water partition coefficient (Wildman–Crippen LogP) is 0.632. The molecule has 1 aliphatic rings.